The Kier molecular flexibility index (Phi) is 3.12. The number of hydrogen-bond acceptors (Lipinski definition) is 4. The first-order valence-electron chi connectivity index (χ1n) is 8.43. The molecular formula is C20H16N6. The van der Waals surface area contributed by atoms with Gasteiger partial charge in [-0.2, -0.15) is 5.10 Å². The molecule has 0 saturated heterocycles. The highest BCUT2D eigenvalue weighted by molar-refractivity contribution is 5.90. The van der Waals surface area contributed by atoms with Crippen LogP contribution < -0.4 is 0 Å². The van der Waals surface area contributed by atoms with Crippen molar-refractivity contribution in [3.8, 4) is 17.1 Å². The Bertz CT molecular complexity index is 1260. The van der Waals surface area contributed by atoms with Crippen LogP contribution in [0.25, 0.3) is 33.8 Å². The van der Waals surface area contributed by atoms with Gasteiger partial charge in [-0.3, -0.25) is 0 Å². The molecule has 5 aromatic rings. The minimum atomic E-state index is 0.695. The average molecular weight is 340 g/mol. The summed E-state index contributed by atoms with van der Waals surface area (Å²) >= 11 is 0. The number of aromatic nitrogens is 6. The molecule has 3 heterocycles. The Balaban J connectivity index is 1.73. The fourth-order valence-corrected chi connectivity index (χ4v) is 3.21. The lowest BCUT2D eigenvalue weighted by atomic mass is 10.1. The lowest BCUT2D eigenvalue weighted by molar-refractivity contribution is 0.881. The molecule has 0 amide bonds. The maximum atomic E-state index is 4.76. The Labute approximate surface area is 149 Å². The second kappa shape index (κ2) is 5.49. The molecule has 26 heavy (non-hydrogen) atoms. The average Bonchev–Trinajstić information content (AvgIpc) is 3.25. The van der Waals surface area contributed by atoms with Gasteiger partial charge in [-0.15, -0.1) is 5.10 Å². The van der Waals surface area contributed by atoms with Crippen molar-refractivity contribution in [3.63, 3.8) is 0 Å². The molecule has 0 aliphatic rings. The number of aryl methyl sites for hydroxylation is 2. The first-order chi connectivity index (χ1) is 12.7. The van der Waals surface area contributed by atoms with Crippen LogP contribution in [-0.4, -0.2) is 29.4 Å². The van der Waals surface area contributed by atoms with Crippen molar-refractivity contribution >= 4 is 16.7 Å². The fourth-order valence-electron chi connectivity index (χ4n) is 3.21. The first kappa shape index (κ1) is 14.8. The molecule has 0 bridgehead atoms. The molecule has 0 spiro atoms. The van der Waals surface area contributed by atoms with E-state index in [1.165, 1.54) is 5.56 Å². The highest BCUT2D eigenvalue weighted by Gasteiger charge is 2.15. The van der Waals surface area contributed by atoms with Gasteiger partial charge in [-0.1, -0.05) is 36.4 Å². The second-order valence-electron chi connectivity index (χ2n) is 6.40. The van der Waals surface area contributed by atoms with Gasteiger partial charge < -0.3 is 0 Å². The van der Waals surface area contributed by atoms with Crippen molar-refractivity contribution in [2.24, 2.45) is 0 Å². The van der Waals surface area contributed by atoms with Crippen LogP contribution in [0.3, 0.4) is 0 Å². The zero-order valence-electron chi connectivity index (χ0n) is 14.5. The van der Waals surface area contributed by atoms with Gasteiger partial charge in [0.1, 0.15) is 6.33 Å². The molecule has 0 N–H and O–H groups in total. The molecule has 2 aromatic carbocycles. The number of hydrogen-bond donors (Lipinski definition) is 0. The second-order valence-corrected chi connectivity index (χ2v) is 6.40. The number of fused-ring (bicyclic) bond motifs is 3. The molecule has 3 aromatic heterocycles. The molecule has 0 atom stereocenters. The molecule has 0 aliphatic carbocycles. The van der Waals surface area contributed by atoms with E-state index < -0.39 is 0 Å². The molecule has 6 nitrogen and oxygen atoms in total. The molecule has 126 valence electrons. The van der Waals surface area contributed by atoms with E-state index in [-0.39, 0.29) is 0 Å². The molecular weight excluding hydrogens is 324 g/mol. The normalized spacial score (nSPS) is 11.5. The van der Waals surface area contributed by atoms with Gasteiger partial charge in [-0.25, -0.2) is 19.2 Å². The summed E-state index contributed by atoms with van der Waals surface area (Å²) in [4.78, 5) is 9.32. The van der Waals surface area contributed by atoms with Crippen LogP contribution in [0.1, 0.15) is 11.1 Å². The lowest BCUT2D eigenvalue weighted by Crippen LogP contribution is -1.99. The Morgan fingerprint density at radius 3 is 2.65 bits per heavy atom. The van der Waals surface area contributed by atoms with Gasteiger partial charge in [0.25, 0.3) is 0 Å². The van der Waals surface area contributed by atoms with E-state index in [2.05, 4.69) is 47.2 Å². The summed E-state index contributed by atoms with van der Waals surface area (Å²) in [5.74, 6) is 0.695. The smallest absolute Gasteiger partial charge is 0.182 e. The Hall–Kier alpha value is -3.54. The summed E-state index contributed by atoms with van der Waals surface area (Å²) in [5, 5.41) is 10.0. The largest absolute Gasteiger partial charge is 0.216 e. The third-order valence-electron chi connectivity index (χ3n) is 4.54. The maximum absolute atomic E-state index is 4.76. The summed E-state index contributed by atoms with van der Waals surface area (Å²) in [6, 6.07) is 16.3. The van der Waals surface area contributed by atoms with E-state index >= 15 is 0 Å². The van der Waals surface area contributed by atoms with Crippen LogP contribution in [0.5, 0.6) is 0 Å². The topological polar surface area (TPSA) is 60.9 Å². The number of benzene rings is 2. The van der Waals surface area contributed by atoms with Crippen LogP contribution in [0.2, 0.25) is 0 Å². The molecule has 0 fully saturated rings. The molecule has 0 aliphatic heterocycles. The quantitative estimate of drug-likeness (QED) is 0.491. The molecule has 5 rings (SSSR count). The highest BCUT2D eigenvalue weighted by Crippen LogP contribution is 2.24. The van der Waals surface area contributed by atoms with E-state index in [1.807, 2.05) is 35.0 Å². The van der Waals surface area contributed by atoms with E-state index in [0.717, 1.165) is 33.5 Å². The summed E-state index contributed by atoms with van der Waals surface area (Å²) in [6.07, 6.45) is 3.50. The van der Waals surface area contributed by atoms with Crippen molar-refractivity contribution in [2.45, 2.75) is 13.8 Å². The molecule has 0 saturated carbocycles. The summed E-state index contributed by atoms with van der Waals surface area (Å²) in [6.45, 7) is 4.12. The van der Waals surface area contributed by atoms with Crippen molar-refractivity contribution in [3.05, 3.63) is 72.2 Å². The predicted molar refractivity (Wildman–Crippen MR) is 100 cm³/mol. The van der Waals surface area contributed by atoms with Crippen molar-refractivity contribution < 1.29 is 0 Å². The third-order valence-corrected chi connectivity index (χ3v) is 4.54. The molecule has 0 unspecified atom stereocenters. The predicted octanol–water partition coefficient (Wildman–Crippen LogP) is 3.75. The van der Waals surface area contributed by atoms with Crippen LogP contribution in [0.4, 0.5) is 0 Å². The van der Waals surface area contributed by atoms with Crippen molar-refractivity contribution in [1.29, 1.82) is 0 Å². The standard InChI is InChI=1S/C20H16N6/c1-13-6-5-8-15(10-13)26-19-17(11-22-26)20-23-18(24-25(20)12-21-19)16-9-4-3-7-14(16)2/h3-12H,1-2H3. The zero-order valence-corrected chi connectivity index (χ0v) is 14.5. The molecule has 0 radical (unpaired) electrons. The highest BCUT2D eigenvalue weighted by atomic mass is 15.3. The number of nitrogens with zero attached hydrogens (tertiary/aromatic N) is 6. The SMILES string of the molecule is Cc1cccc(-n2ncc3c2ncn2nc(-c4ccccc4C)nc32)c1. The maximum Gasteiger partial charge on any atom is 0.182 e. The van der Waals surface area contributed by atoms with Gasteiger partial charge >= 0.3 is 0 Å². The summed E-state index contributed by atoms with van der Waals surface area (Å²) < 4.78 is 3.55. The monoisotopic (exact) mass is 340 g/mol. The van der Waals surface area contributed by atoms with Crippen LogP contribution in [0, 0.1) is 13.8 Å². The van der Waals surface area contributed by atoms with E-state index in [4.69, 9.17) is 4.98 Å². The molecule has 6 heteroatoms. The van der Waals surface area contributed by atoms with E-state index in [1.54, 1.807) is 17.0 Å². The number of rotatable bonds is 2. The van der Waals surface area contributed by atoms with Gasteiger partial charge in [0.05, 0.1) is 17.3 Å². The van der Waals surface area contributed by atoms with Gasteiger partial charge in [-0.05, 0) is 37.1 Å². The summed E-state index contributed by atoms with van der Waals surface area (Å²) in [7, 11) is 0. The minimum absolute atomic E-state index is 0.695. The van der Waals surface area contributed by atoms with Crippen LogP contribution in [0.15, 0.2) is 61.1 Å². The first-order valence-corrected chi connectivity index (χ1v) is 8.43. The lowest BCUT2D eigenvalue weighted by Gasteiger charge is -2.03. The van der Waals surface area contributed by atoms with Crippen LogP contribution >= 0.6 is 0 Å². The van der Waals surface area contributed by atoms with Gasteiger partial charge in [0.2, 0.25) is 0 Å². The third kappa shape index (κ3) is 2.19. The van der Waals surface area contributed by atoms with Crippen LogP contribution in [-0.2, 0) is 0 Å². The van der Waals surface area contributed by atoms with Gasteiger partial charge in [0.15, 0.2) is 17.1 Å². The van der Waals surface area contributed by atoms with Crippen molar-refractivity contribution in [1.82, 2.24) is 29.4 Å². The zero-order chi connectivity index (χ0) is 17.7. The Morgan fingerprint density at radius 1 is 0.923 bits per heavy atom. The summed E-state index contributed by atoms with van der Waals surface area (Å²) in [5.41, 5.74) is 5.85. The minimum Gasteiger partial charge on any atom is -0.216 e. The van der Waals surface area contributed by atoms with Gasteiger partial charge in [0, 0.05) is 5.56 Å². The van der Waals surface area contributed by atoms with E-state index in [9.17, 15) is 0 Å². The fraction of sp³-hybridized carbons (Fsp3) is 0.100. The Morgan fingerprint density at radius 2 is 1.81 bits per heavy atom. The van der Waals surface area contributed by atoms with E-state index in [0.29, 0.717) is 5.82 Å². The van der Waals surface area contributed by atoms with Crippen molar-refractivity contribution in [2.75, 3.05) is 0 Å².